The quantitative estimate of drug-likeness (QED) is 0.601. The lowest BCUT2D eigenvalue weighted by atomic mass is 10.1. The Hall–Kier alpha value is -2.45. The molecule has 0 radical (unpaired) electrons. The zero-order valence-corrected chi connectivity index (χ0v) is 16.4. The molecule has 144 valence electrons. The number of rotatable bonds is 6. The minimum absolute atomic E-state index is 0.116. The van der Waals surface area contributed by atoms with Crippen LogP contribution >= 0.6 is 0 Å². The number of nitrogens with zero attached hydrogens (tertiary/aromatic N) is 2. The van der Waals surface area contributed by atoms with Gasteiger partial charge in [-0.2, -0.15) is 0 Å². The summed E-state index contributed by atoms with van der Waals surface area (Å²) in [6.45, 7) is 8.29. The molecule has 0 amide bonds. The lowest BCUT2D eigenvalue weighted by Crippen LogP contribution is -2.21. The molecule has 1 aliphatic rings. The van der Waals surface area contributed by atoms with Crippen LogP contribution in [0, 0.1) is 23.0 Å². The number of aryl methyl sites for hydroxylation is 1. The molecule has 1 N–H and O–H groups in total. The van der Waals surface area contributed by atoms with Crippen LogP contribution in [0.25, 0.3) is 0 Å². The fraction of sp³-hybridized carbons (Fsp3) is 0.368. The Kier molecular flexibility index (Phi) is 5.21. The molecule has 0 bridgehead atoms. The lowest BCUT2D eigenvalue weighted by Gasteiger charge is -2.17. The molecule has 3 rings (SSSR count). The van der Waals surface area contributed by atoms with E-state index in [0.29, 0.717) is 23.7 Å². The van der Waals surface area contributed by atoms with Gasteiger partial charge in [-0.1, -0.05) is 32.0 Å². The van der Waals surface area contributed by atoms with E-state index < -0.39 is 14.9 Å². The highest BCUT2D eigenvalue weighted by Gasteiger charge is 2.25. The summed E-state index contributed by atoms with van der Waals surface area (Å²) >= 11 is 0. The first kappa shape index (κ1) is 19.3. The van der Waals surface area contributed by atoms with E-state index >= 15 is 0 Å². The van der Waals surface area contributed by atoms with Crippen molar-refractivity contribution in [2.45, 2.75) is 38.8 Å². The maximum absolute atomic E-state index is 12.8. The van der Waals surface area contributed by atoms with Crippen LogP contribution in [0.5, 0.6) is 0 Å². The molecule has 0 fully saturated rings. The first-order valence-electron chi connectivity index (χ1n) is 8.78. The van der Waals surface area contributed by atoms with E-state index in [1.54, 1.807) is 13.0 Å². The van der Waals surface area contributed by atoms with Crippen molar-refractivity contribution < 1.29 is 13.3 Å². The number of nitro benzene ring substituents is 1. The Bertz CT molecular complexity index is 986. The molecular weight excluding hydrogens is 366 g/mol. The van der Waals surface area contributed by atoms with Crippen molar-refractivity contribution in [1.82, 2.24) is 4.90 Å². The molecule has 27 heavy (non-hydrogen) atoms. The van der Waals surface area contributed by atoms with Gasteiger partial charge >= 0.3 is 0 Å². The van der Waals surface area contributed by atoms with Gasteiger partial charge in [0, 0.05) is 31.3 Å². The van der Waals surface area contributed by atoms with E-state index in [0.717, 1.165) is 30.3 Å². The molecule has 0 saturated heterocycles. The first-order chi connectivity index (χ1) is 12.7. The molecule has 0 spiro atoms. The molecule has 7 nitrogen and oxygen atoms in total. The Balaban J connectivity index is 1.90. The summed E-state index contributed by atoms with van der Waals surface area (Å²) in [7, 11) is -3.92. The van der Waals surface area contributed by atoms with Crippen molar-refractivity contribution in [2.24, 2.45) is 5.92 Å². The van der Waals surface area contributed by atoms with E-state index in [9.17, 15) is 18.5 Å². The second-order valence-corrected chi connectivity index (χ2v) is 9.00. The number of nitro groups is 1. The third kappa shape index (κ3) is 4.12. The number of fused-ring (bicyclic) bond motifs is 1. The van der Waals surface area contributed by atoms with E-state index in [1.165, 1.54) is 12.1 Å². The number of benzene rings is 2. The second kappa shape index (κ2) is 7.28. The van der Waals surface area contributed by atoms with Gasteiger partial charge in [0.05, 0.1) is 15.5 Å². The summed E-state index contributed by atoms with van der Waals surface area (Å²) in [4.78, 5) is 12.7. The van der Waals surface area contributed by atoms with Crippen molar-refractivity contribution >= 4 is 21.4 Å². The number of nitrogens with one attached hydrogen (secondary N) is 1. The van der Waals surface area contributed by atoms with Crippen molar-refractivity contribution in [3.8, 4) is 0 Å². The Morgan fingerprint density at radius 3 is 2.63 bits per heavy atom. The second-order valence-electron chi connectivity index (χ2n) is 7.32. The molecule has 0 saturated carbocycles. The van der Waals surface area contributed by atoms with Crippen molar-refractivity contribution in [3.05, 3.63) is 63.2 Å². The van der Waals surface area contributed by atoms with Crippen LogP contribution in [0.15, 0.2) is 41.3 Å². The van der Waals surface area contributed by atoms with Gasteiger partial charge in [-0.05, 0) is 36.1 Å². The van der Waals surface area contributed by atoms with Crippen LogP contribution in [0.4, 0.5) is 11.4 Å². The number of hydrogen-bond acceptors (Lipinski definition) is 5. The minimum Gasteiger partial charge on any atom is -0.294 e. The van der Waals surface area contributed by atoms with Gasteiger partial charge < -0.3 is 0 Å². The Labute approximate surface area is 159 Å². The van der Waals surface area contributed by atoms with Crippen LogP contribution in [-0.4, -0.2) is 24.8 Å². The van der Waals surface area contributed by atoms with Gasteiger partial charge in [0.2, 0.25) is 0 Å². The molecule has 2 aromatic carbocycles. The third-order valence-electron chi connectivity index (χ3n) is 4.60. The van der Waals surface area contributed by atoms with Gasteiger partial charge in [0.15, 0.2) is 0 Å². The van der Waals surface area contributed by atoms with Crippen LogP contribution in [0.2, 0.25) is 0 Å². The molecule has 0 aromatic heterocycles. The zero-order valence-electron chi connectivity index (χ0n) is 15.6. The third-order valence-corrected chi connectivity index (χ3v) is 5.97. The highest BCUT2D eigenvalue weighted by atomic mass is 32.2. The zero-order chi connectivity index (χ0) is 19.8. The van der Waals surface area contributed by atoms with Gasteiger partial charge in [0.1, 0.15) is 0 Å². The molecule has 2 aromatic rings. The monoisotopic (exact) mass is 389 g/mol. The van der Waals surface area contributed by atoms with Crippen LogP contribution in [0.3, 0.4) is 0 Å². The first-order valence-corrected chi connectivity index (χ1v) is 10.3. The standard InChI is InChI=1S/C19H23N3O4S/c1-13(2)10-21-11-15-5-4-6-18(17(15)12-21)20-27(25,26)16-8-7-14(3)19(9-16)22(23)24/h4-9,13,20H,10-12H2,1-3H3. The Morgan fingerprint density at radius 1 is 1.22 bits per heavy atom. The molecule has 0 atom stereocenters. The van der Waals surface area contributed by atoms with Gasteiger partial charge in [-0.15, -0.1) is 0 Å². The van der Waals surface area contributed by atoms with E-state index in [1.807, 2.05) is 12.1 Å². The summed E-state index contributed by atoms with van der Waals surface area (Å²) in [5.74, 6) is 0.521. The van der Waals surface area contributed by atoms with Crippen LogP contribution < -0.4 is 4.72 Å². The summed E-state index contributed by atoms with van der Waals surface area (Å²) in [6, 6.07) is 9.51. The molecular formula is C19H23N3O4S. The fourth-order valence-corrected chi connectivity index (χ4v) is 4.50. The summed E-state index contributed by atoms with van der Waals surface area (Å²) in [5, 5.41) is 11.1. The predicted octanol–water partition coefficient (Wildman–Crippen LogP) is 3.68. The van der Waals surface area contributed by atoms with E-state index in [-0.39, 0.29) is 10.6 Å². The SMILES string of the molecule is Cc1ccc(S(=O)(=O)Nc2cccc3c2CN(CC(C)C)C3)cc1[N+](=O)[O-]. The van der Waals surface area contributed by atoms with Crippen LogP contribution in [0.1, 0.15) is 30.5 Å². The predicted molar refractivity (Wildman–Crippen MR) is 104 cm³/mol. The average Bonchev–Trinajstić information content (AvgIpc) is 2.97. The topological polar surface area (TPSA) is 92.6 Å². The average molecular weight is 389 g/mol. The summed E-state index contributed by atoms with van der Waals surface area (Å²) in [6.07, 6.45) is 0. The van der Waals surface area contributed by atoms with Crippen molar-refractivity contribution in [2.75, 3.05) is 11.3 Å². The maximum atomic E-state index is 12.8. The van der Waals surface area contributed by atoms with Gasteiger partial charge in [-0.3, -0.25) is 19.7 Å². The normalized spacial score (nSPS) is 14.4. The molecule has 0 aliphatic carbocycles. The minimum atomic E-state index is -3.92. The van der Waals surface area contributed by atoms with E-state index in [4.69, 9.17) is 0 Å². The number of sulfonamides is 1. The molecule has 1 heterocycles. The Morgan fingerprint density at radius 2 is 1.96 bits per heavy atom. The van der Waals surface area contributed by atoms with Gasteiger partial charge in [-0.25, -0.2) is 8.42 Å². The van der Waals surface area contributed by atoms with Crippen molar-refractivity contribution in [3.63, 3.8) is 0 Å². The number of hydrogen-bond donors (Lipinski definition) is 1. The fourth-order valence-electron chi connectivity index (χ4n) is 3.39. The molecule has 0 unspecified atom stereocenters. The lowest BCUT2D eigenvalue weighted by molar-refractivity contribution is -0.385. The maximum Gasteiger partial charge on any atom is 0.273 e. The summed E-state index contributed by atoms with van der Waals surface area (Å²) < 4.78 is 28.2. The molecule has 1 aliphatic heterocycles. The summed E-state index contributed by atoms with van der Waals surface area (Å²) in [5.41, 5.74) is 2.80. The van der Waals surface area contributed by atoms with Crippen LogP contribution in [-0.2, 0) is 23.1 Å². The highest BCUT2D eigenvalue weighted by Crippen LogP contribution is 2.32. The molecule has 8 heteroatoms. The smallest absolute Gasteiger partial charge is 0.273 e. The number of anilines is 1. The largest absolute Gasteiger partial charge is 0.294 e. The van der Waals surface area contributed by atoms with Gasteiger partial charge in [0.25, 0.3) is 15.7 Å². The van der Waals surface area contributed by atoms with E-state index in [2.05, 4.69) is 23.5 Å². The van der Waals surface area contributed by atoms with Crippen molar-refractivity contribution in [1.29, 1.82) is 0 Å². The highest BCUT2D eigenvalue weighted by molar-refractivity contribution is 7.92.